The first kappa shape index (κ1) is 57.0. The van der Waals surface area contributed by atoms with Gasteiger partial charge in [-0.1, -0.05) is 218 Å². The third-order valence-electron chi connectivity index (χ3n) is 10.9. The Morgan fingerprint density at radius 1 is 0.517 bits per heavy atom. The Bertz CT molecular complexity index is 946. The van der Waals surface area contributed by atoms with Crippen LogP contribution in [-0.4, -0.2) is 49.9 Å². The SMILES string of the molecule is CCCCCCC/C=C\C/C=C\CCCCCCCCCCCCCCCC(=O)OC(COCCCCCCCCCCCCCCCC)COP(=O)(O)OCCN. The van der Waals surface area contributed by atoms with E-state index in [0.29, 0.717) is 13.0 Å². The van der Waals surface area contributed by atoms with Gasteiger partial charge in [0.15, 0.2) is 0 Å². The standard InChI is InChI=1S/C49H96NO7P/c1-3-5-7-9-11-13-15-17-19-20-21-22-23-24-25-26-27-28-29-30-32-34-36-38-40-42-49(51)57-48(47-56-58(52,53)55-45-43-50)46-54-44-41-39-37-35-33-31-18-16-14-12-10-8-6-4-2/h15,17,20-21,48H,3-14,16,18-19,22-47,50H2,1-2H3,(H,52,53)/b17-15-,21-20-. The zero-order chi connectivity index (χ0) is 42.3. The number of phosphoric ester groups is 1. The molecule has 0 saturated heterocycles. The minimum Gasteiger partial charge on any atom is -0.457 e. The molecule has 9 heteroatoms. The fourth-order valence-corrected chi connectivity index (χ4v) is 7.97. The van der Waals surface area contributed by atoms with E-state index in [1.54, 1.807) is 0 Å². The molecule has 0 radical (unpaired) electrons. The molecule has 3 N–H and O–H groups in total. The number of rotatable bonds is 48. The fraction of sp³-hybridized carbons (Fsp3) is 0.898. The molecule has 0 heterocycles. The molecule has 0 aliphatic rings. The van der Waals surface area contributed by atoms with Gasteiger partial charge >= 0.3 is 13.8 Å². The summed E-state index contributed by atoms with van der Waals surface area (Å²) in [5, 5.41) is 0. The maximum absolute atomic E-state index is 12.6. The molecule has 0 saturated carbocycles. The van der Waals surface area contributed by atoms with Crippen molar-refractivity contribution >= 4 is 13.8 Å². The van der Waals surface area contributed by atoms with Crippen molar-refractivity contribution < 1.29 is 32.8 Å². The van der Waals surface area contributed by atoms with E-state index in [0.717, 1.165) is 38.5 Å². The van der Waals surface area contributed by atoms with Gasteiger partial charge < -0.3 is 20.1 Å². The Morgan fingerprint density at radius 3 is 1.34 bits per heavy atom. The van der Waals surface area contributed by atoms with E-state index in [-0.39, 0.29) is 32.3 Å². The second kappa shape index (κ2) is 47.0. The zero-order valence-electron chi connectivity index (χ0n) is 38.3. The van der Waals surface area contributed by atoms with Crippen LogP contribution in [0.3, 0.4) is 0 Å². The predicted molar refractivity (Wildman–Crippen MR) is 247 cm³/mol. The molecule has 344 valence electrons. The third-order valence-corrected chi connectivity index (χ3v) is 11.9. The minimum atomic E-state index is -4.27. The average molecular weight is 842 g/mol. The molecular weight excluding hydrogens is 746 g/mol. The molecule has 0 rings (SSSR count). The number of unbranched alkanes of at least 4 members (excludes halogenated alkanes) is 31. The highest BCUT2D eigenvalue weighted by Gasteiger charge is 2.25. The second-order valence-electron chi connectivity index (χ2n) is 16.7. The van der Waals surface area contributed by atoms with Crippen LogP contribution in [0.1, 0.15) is 245 Å². The van der Waals surface area contributed by atoms with Crippen LogP contribution in [-0.2, 0) is 27.9 Å². The highest BCUT2D eigenvalue weighted by atomic mass is 31.2. The molecule has 2 unspecified atom stereocenters. The molecule has 0 fully saturated rings. The van der Waals surface area contributed by atoms with E-state index in [2.05, 4.69) is 38.2 Å². The molecule has 0 aliphatic heterocycles. The van der Waals surface area contributed by atoms with Crippen molar-refractivity contribution in [3.8, 4) is 0 Å². The van der Waals surface area contributed by atoms with Gasteiger partial charge in [-0.05, 0) is 44.9 Å². The molecule has 8 nitrogen and oxygen atoms in total. The summed E-state index contributed by atoms with van der Waals surface area (Å²) in [6.07, 6.45) is 53.5. The van der Waals surface area contributed by atoms with Gasteiger partial charge in [-0.15, -0.1) is 0 Å². The number of ether oxygens (including phenoxy) is 2. The van der Waals surface area contributed by atoms with Gasteiger partial charge in [-0.2, -0.15) is 0 Å². The fourth-order valence-electron chi connectivity index (χ4n) is 7.21. The van der Waals surface area contributed by atoms with Gasteiger partial charge in [0.1, 0.15) is 6.10 Å². The van der Waals surface area contributed by atoms with Crippen LogP contribution >= 0.6 is 7.82 Å². The van der Waals surface area contributed by atoms with E-state index in [1.807, 2.05) is 0 Å². The van der Waals surface area contributed by atoms with E-state index in [9.17, 15) is 14.3 Å². The topological polar surface area (TPSA) is 117 Å². The Labute approximate surface area is 359 Å². The molecule has 0 aromatic rings. The van der Waals surface area contributed by atoms with E-state index in [4.69, 9.17) is 24.3 Å². The highest BCUT2D eigenvalue weighted by Crippen LogP contribution is 2.43. The molecule has 0 aromatic heterocycles. The van der Waals surface area contributed by atoms with Crippen molar-refractivity contribution in [2.75, 3.05) is 33.0 Å². The van der Waals surface area contributed by atoms with Gasteiger partial charge in [-0.3, -0.25) is 13.8 Å². The Hall–Kier alpha value is -1.02. The second-order valence-corrected chi connectivity index (χ2v) is 18.1. The lowest BCUT2D eigenvalue weighted by Gasteiger charge is -2.20. The van der Waals surface area contributed by atoms with Crippen LogP contribution in [0, 0.1) is 0 Å². The molecule has 0 aromatic carbocycles. The zero-order valence-corrected chi connectivity index (χ0v) is 39.2. The number of esters is 1. The number of nitrogens with two attached hydrogens (primary N) is 1. The Kier molecular flexibility index (Phi) is 46.2. The summed E-state index contributed by atoms with van der Waals surface area (Å²) < 4.78 is 33.5. The summed E-state index contributed by atoms with van der Waals surface area (Å²) in [5.74, 6) is -0.327. The van der Waals surface area contributed by atoms with Gasteiger partial charge in [0, 0.05) is 19.6 Å². The maximum atomic E-state index is 12.6. The first-order valence-corrected chi connectivity index (χ1v) is 26.3. The maximum Gasteiger partial charge on any atom is 0.472 e. The van der Waals surface area contributed by atoms with Gasteiger partial charge in [0.2, 0.25) is 0 Å². The van der Waals surface area contributed by atoms with E-state index < -0.39 is 13.9 Å². The van der Waals surface area contributed by atoms with E-state index >= 15 is 0 Å². The summed E-state index contributed by atoms with van der Waals surface area (Å²) in [5.41, 5.74) is 5.38. The van der Waals surface area contributed by atoms with Crippen LogP contribution in [0.4, 0.5) is 0 Å². The largest absolute Gasteiger partial charge is 0.472 e. The first-order valence-electron chi connectivity index (χ1n) is 24.8. The van der Waals surface area contributed by atoms with Crippen molar-refractivity contribution in [3.63, 3.8) is 0 Å². The van der Waals surface area contributed by atoms with Crippen LogP contribution < -0.4 is 5.73 Å². The van der Waals surface area contributed by atoms with E-state index in [1.165, 1.54) is 186 Å². The smallest absolute Gasteiger partial charge is 0.457 e. The van der Waals surface area contributed by atoms with Crippen molar-refractivity contribution in [1.82, 2.24) is 0 Å². The summed E-state index contributed by atoms with van der Waals surface area (Å²) in [4.78, 5) is 22.6. The lowest BCUT2D eigenvalue weighted by atomic mass is 10.0. The Balaban J connectivity index is 3.89. The minimum absolute atomic E-state index is 0.0928. The molecule has 58 heavy (non-hydrogen) atoms. The molecule has 0 spiro atoms. The van der Waals surface area contributed by atoms with Crippen molar-refractivity contribution in [1.29, 1.82) is 0 Å². The van der Waals surface area contributed by atoms with Gasteiger partial charge in [-0.25, -0.2) is 4.57 Å². The molecule has 0 aliphatic carbocycles. The average Bonchev–Trinajstić information content (AvgIpc) is 3.21. The predicted octanol–water partition coefficient (Wildman–Crippen LogP) is 15.2. The number of hydrogen-bond acceptors (Lipinski definition) is 7. The van der Waals surface area contributed by atoms with Crippen LogP contribution in [0.15, 0.2) is 24.3 Å². The summed E-state index contributed by atoms with van der Waals surface area (Å²) >= 11 is 0. The van der Waals surface area contributed by atoms with Crippen molar-refractivity contribution in [2.24, 2.45) is 5.73 Å². The normalized spacial score (nSPS) is 13.5. The lowest BCUT2D eigenvalue weighted by molar-refractivity contribution is -0.154. The molecular formula is C49H96NO7P. The monoisotopic (exact) mass is 842 g/mol. The van der Waals surface area contributed by atoms with Crippen molar-refractivity contribution in [2.45, 2.75) is 251 Å². The molecule has 0 bridgehead atoms. The van der Waals surface area contributed by atoms with Crippen molar-refractivity contribution in [3.05, 3.63) is 24.3 Å². The lowest BCUT2D eigenvalue weighted by Crippen LogP contribution is -2.28. The number of carbonyl (C=O) groups is 1. The number of hydrogen-bond donors (Lipinski definition) is 2. The van der Waals surface area contributed by atoms with Crippen LogP contribution in [0.5, 0.6) is 0 Å². The molecule has 2 atom stereocenters. The first-order chi connectivity index (χ1) is 28.4. The highest BCUT2D eigenvalue weighted by molar-refractivity contribution is 7.47. The summed E-state index contributed by atoms with van der Waals surface area (Å²) in [7, 11) is -4.27. The third kappa shape index (κ3) is 46.1. The van der Waals surface area contributed by atoms with Gasteiger partial charge in [0.05, 0.1) is 19.8 Å². The quantitative estimate of drug-likeness (QED) is 0.0269. The number of allylic oxidation sites excluding steroid dienone is 4. The van der Waals surface area contributed by atoms with Crippen LogP contribution in [0.2, 0.25) is 0 Å². The Morgan fingerprint density at radius 2 is 0.914 bits per heavy atom. The number of carbonyl (C=O) groups excluding carboxylic acids is 1. The summed E-state index contributed by atoms with van der Waals surface area (Å²) in [6.45, 7) is 4.96. The summed E-state index contributed by atoms with van der Waals surface area (Å²) in [6, 6.07) is 0. The van der Waals surface area contributed by atoms with Crippen LogP contribution in [0.25, 0.3) is 0 Å². The number of phosphoric acid groups is 1. The molecule has 0 amide bonds. The van der Waals surface area contributed by atoms with Gasteiger partial charge in [0.25, 0.3) is 0 Å².